The molecule has 0 atom stereocenters. The van der Waals surface area contributed by atoms with Gasteiger partial charge in [0.1, 0.15) is 0 Å². The maximum atomic E-state index is 9.94. The Kier molecular flexibility index (Phi) is 3.27. The molecular weight excluding hydrogens is 266 g/mol. The molecule has 1 N–H and O–H groups in total. The molecular formula is C13H18BrNO. The van der Waals surface area contributed by atoms with Crippen molar-refractivity contribution in [3.05, 3.63) is 28.2 Å². The van der Waals surface area contributed by atoms with Crippen LogP contribution in [0.3, 0.4) is 0 Å². The lowest BCUT2D eigenvalue weighted by Crippen LogP contribution is -2.19. The molecule has 1 fully saturated rings. The van der Waals surface area contributed by atoms with Crippen LogP contribution in [0, 0.1) is 0 Å². The van der Waals surface area contributed by atoms with Gasteiger partial charge in [0.2, 0.25) is 0 Å². The topological polar surface area (TPSA) is 23.5 Å². The van der Waals surface area contributed by atoms with Crippen molar-refractivity contribution in [3.8, 4) is 0 Å². The van der Waals surface area contributed by atoms with Crippen molar-refractivity contribution in [2.75, 3.05) is 18.0 Å². The van der Waals surface area contributed by atoms with Gasteiger partial charge in [-0.25, -0.2) is 0 Å². The summed E-state index contributed by atoms with van der Waals surface area (Å²) in [6, 6.07) is 6.13. The minimum Gasteiger partial charge on any atom is -0.386 e. The van der Waals surface area contributed by atoms with Gasteiger partial charge in [0.05, 0.1) is 11.3 Å². The monoisotopic (exact) mass is 283 g/mol. The minimum absolute atomic E-state index is 0.772. The number of hydrogen-bond acceptors (Lipinski definition) is 2. The second kappa shape index (κ2) is 4.38. The van der Waals surface area contributed by atoms with Crippen LogP contribution >= 0.6 is 15.9 Å². The van der Waals surface area contributed by atoms with Gasteiger partial charge in [-0.15, -0.1) is 0 Å². The zero-order valence-electron chi connectivity index (χ0n) is 9.83. The summed E-state index contributed by atoms with van der Waals surface area (Å²) in [6.07, 6.45) is 2.55. The van der Waals surface area contributed by atoms with E-state index in [-0.39, 0.29) is 0 Å². The molecule has 2 rings (SSSR count). The maximum Gasteiger partial charge on any atom is 0.0840 e. The average Bonchev–Trinajstić information content (AvgIpc) is 2.69. The van der Waals surface area contributed by atoms with Gasteiger partial charge in [-0.05, 0) is 60.3 Å². The van der Waals surface area contributed by atoms with Crippen LogP contribution < -0.4 is 4.90 Å². The van der Waals surface area contributed by atoms with Crippen molar-refractivity contribution < 1.29 is 5.11 Å². The molecule has 0 bridgehead atoms. The summed E-state index contributed by atoms with van der Waals surface area (Å²) in [5, 5.41) is 9.94. The van der Waals surface area contributed by atoms with E-state index in [0.29, 0.717) is 0 Å². The molecule has 1 aliphatic rings. The van der Waals surface area contributed by atoms with Crippen molar-refractivity contribution in [2.45, 2.75) is 32.3 Å². The van der Waals surface area contributed by atoms with Crippen LogP contribution in [0.1, 0.15) is 32.3 Å². The maximum absolute atomic E-state index is 9.94. The van der Waals surface area contributed by atoms with Crippen molar-refractivity contribution in [3.63, 3.8) is 0 Å². The van der Waals surface area contributed by atoms with E-state index in [2.05, 4.69) is 26.9 Å². The van der Waals surface area contributed by atoms with E-state index in [1.807, 2.05) is 26.0 Å². The Morgan fingerprint density at radius 2 is 1.88 bits per heavy atom. The van der Waals surface area contributed by atoms with E-state index in [4.69, 9.17) is 0 Å². The summed E-state index contributed by atoms with van der Waals surface area (Å²) in [5.41, 5.74) is 1.42. The summed E-state index contributed by atoms with van der Waals surface area (Å²) in [7, 11) is 0. The van der Waals surface area contributed by atoms with Gasteiger partial charge in [-0.1, -0.05) is 6.07 Å². The highest BCUT2D eigenvalue weighted by Crippen LogP contribution is 2.32. The number of aliphatic hydroxyl groups is 1. The Labute approximate surface area is 105 Å². The van der Waals surface area contributed by atoms with Crippen LogP contribution in [-0.4, -0.2) is 18.2 Å². The molecule has 0 saturated carbocycles. The average molecular weight is 284 g/mol. The van der Waals surface area contributed by atoms with Crippen molar-refractivity contribution in [2.24, 2.45) is 0 Å². The van der Waals surface area contributed by atoms with Crippen LogP contribution in [0.15, 0.2) is 22.7 Å². The molecule has 88 valence electrons. The number of halogens is 1. The van der Waals surface area contributed by atoms with Gasteiger partial charge in [-0.3, -0.25) is 0 Å². The third-order valence-electron chi connectivity index (χ3n) is 3.10. The van der Waals surface area contributed by atoms with E-state index in [9.17, 15) is 5.11 Å². The zero-order chi connectivity index (χ0) is 11.8. The second-order valence-corrected chi connectivity index (χ2v) is 5.77. The highest BCUT2D eigenvalue weighted by molar-refractivity contribution is 9.10. The molecule has 1 aromatic rings. The standard InChI is InChI=1S/C13H18BrNO/c1-13(2,16)10-5-6-12(11(14)9-10)15-7-3-4-8-15/h5-6,9,16H,3-4,7-8H2,1-2H3. The van der Waals surface area contributed by atoms with E-state index in [0.717, 1.165) is 23.1 Å². The lowest BCUT2D eigenvalue weighted by molar-refractivity contribution is 0.0785. The summed E-state index contributed by atoms with van der Waals surface area (Å²) < 4.78 is 1.08. The first-order valence-corrected chi connectivity index (χ1v) is 6.55. The second-order valence-electron chi connectivity index (χ2n) is 4.92. The van der Waals surface area contributed by atoms with Crippen molar-refractivity contribution in [1.29, 1.82) is 0 Å². The van der Waals surface area contributed by atoms with Gasteiger partial charge >= 0.3 is 0 Å². The minimum atomic E-state index is -0.772. The van der Waals surface area contributed by atoms with Gasteiger partial charge in [0.15, 0.2) is 0 Å². The third-order valence-corrected chi connectivity index (χ3v) is 3.74. The molecule has 1 heterocycles. The molecule has 0 amide bonds. The molecule has 16 heavy (non-hydrogen) atoms. The van der Waals surface area contributed by atoms with Gasteiger partial charge in [0.25, 0.3) is 0 Å². The van der Waals surface area contributed by atoms with Gasteiger partial charge in [0, 0.05) is 17.6 Å². The van der Waals surface area contributed by atoms with Crippen LogP contribution in [0.5, 0.6) is 0 Å². The summed E-state index contributed by atoms with van der Waals surface area (Å²) in [4.78, 5) is 2.39. The van der Waals surface area contributed by atoms with Crippen LogP contribution in [-0.2, 0) is 5.60 Å². The molecule has 0 spiro atoms. The molecule has 0 unspecified atom stereocenters. The molecule has 0 aliphatic carbocycles. The SMILES string of the molecule is CC(C)(O)c1ccc(N2CCCC2)c(Br)c1. The number of hydrogen-bond donors (Lipinski definition) is 1. The highest BCUT2D eigenvalue weighted by atomic mass is 79.9. The first-order valence-electron chi connectivity index (χ1n) is 5.76. The molecule has 3 heteroatoms. The van der Waals surface area contributed by atoms with Gasteiger partial charge in [-0.2, -0.15) is 0 Å². The Balaban J connectivity index is 2.29. The van der Waals surface area contributed by atoms with E-state index >= 15 is 0 Å². The predicted molar refractivity (Wildman–Crippen MR) is 70.8 cm³/mol. The first-order chi connectivity index (χ1) is 7.48. The van der Waals surface area contributed by atoms with Crippen LogP contribution in [0.25, 0.3) is 0 Å². The molecule has 2 nitrogen and oxygen atoms in total. The quantitative estimate of drug-likeness (QED) is 0.901. The molecule has 1 aromatic carbocycles. The van der Waals surface area contributed by atoms with E-state index in [1.54, 1.807) is 0 Å². The Morgan fingerprint density at radius 1 is 1.25 bits per heavy atom. The molecule has 0 aromatic heterocycles. The summed E-state index contributed by atoms with van der Waals surface area (Å²) >= 11 is 3.60. The van der Waals surface area contributed by atoms with E-state index < -0.39 is 5.60 Å². The fourth-order valence-corrected chi connectivity index (χ4v) is 2.73. The van der Waals surface area contributed by atoms with Crippen molar-refractivity contribution in [1.82, 2.24) is 0 Å². The normalized spacial score (nSPS) is 16.9. The highest BCUT2D eigenvalue weighted by Gasteiger charge is 2.19. The van der Waals surface area contributed by atoms with E-state index in [1.165, 1.54) is 18.5 Å². The predicted octanol–water partition coefficient (Wildman–Crippen LogP) is 3.28. The summed E-state index contributed by atoms with van der Waals surface area (Å²) in [5.74, 6) is 0. The fourth-order valence-electron chi connectivity index (χ4n) is 2.10. The Hall–Kier alpha value is -0.540. The molecule has 1 saturated heterocycles. The Bertz CT molecular complexity index is 378. The third kappa shape index (κ3) is 2.41. The largest absolute Gasteiger partial charge is 0.386 e. The Morgan fingerprint density at radius 3 is 2.38 bits per heavy atom. The first kappa shape index (κ1) is 11.9. The smallest absolute Gasteiger partial charge is 0.0840 e. The number of rotatable bonds is 2. The fraction of sp³-hybridized carbons (Fsp3) is 0.538. The molecule has 1 aliphatic heterocycles. The van der Waals surface area contributed by atoms with Crippen molar-refractivity contribution >= 4 is 21.6 Å². The number of benzene rings is 1. The lowest BCUT2D eigenvalue weighted by atomic mass is 9.98. The lowest BCUT2D eigenvalue weighted by Gasteiger charge is -2.23. The number of nitrogens with zero attached hydrogens (tertiary/aromatic N) is 1. The zero-order valence-corrected chi connectivity index (χ0v) is 11.4. The number of anilines is 1. The van der Waals surface area contributed by atoms with Gasteiger partial charge < -0.3 is 10.0 Å². The van der Waals surface area contributed by atoms with Crippen LogP contribution in [0.4, 0.5) is 5.69 Å². The molecule has 0 radical (unpaired) electrons. The van der Waals surface area contributed by atoms with Crippen LogP contribution in [0.2, 0.25) is 0 Å². The summed E-state index contributed by atoms with van der Waals surface area (Å²) in [6.45, 7) is 5.90.